The average molecular weight is 335 g/mol. The summed E-state index contributed by atoms with van der Waals surface area (Å²) in [4.78, 5) is 19.6. The van der Waals surface area contributed by atoms with Crippen molar-refractivity contribution in [1.29, 1.82) is 0 Å². The molecule has 1 aromatic carbocycles. The largest absolute Gasteiger partial charge is 0.433 e. The zero-order valence-corrected chi connectivity index (χ0v) is 12.8. The molecule has 24 heavy (non-hydrogen) atoms. The summed E-state index contributed by atoms with van der Waals surface area (Å²) in [5, 5.41) is 0. The van der Waals surface area contributed by atoms with Crippen LogP contribution in [0.15, 0.2) is 48.7 Å². The number of para-hydroxylation sites is 1. The third-order valence-electron chi connectivity index (χ3n) is 3.99. The molecule has 0 radical (unpaired) electrons. The number of pyridine rings is 1. The maximum absolute atomic E-state index is 12.5. The summed E-state index contributed by atoms with van der Waals surface area (Å²) in [5.74, 6) is -0.288. The molecule has 1 amide bonds. The number of halogens is 3. The van der Waals surface area contributed by atoms with Gasteiger partial charge in [-0.1, -0.05) is 18.2 Å². The minimum atomic E-state index is -4.50. The number of hydrogen-bond donors (Lipinski definition) is 0. The van der Waals surface area contributed by atoms with Crippen LogP contribution in [-0.4, -0.2) is 42.0 Å². The molecule has 0 unspecified atom stereocenters. The third-order valence-corrected chi connectivity index (χ3v) is 3.99. The molecule has 3 rings (SSSR count). The molecule has 1 saturated heterocycles. The van der Waals surface area contributed by atoms with E-state index < -0.39 is 11.9 Å². The molecular weight excluding hydrogens is 319 g/mol. The molecule has 0 N–H and O–H groups in total. The van der Waals surface area contributed by atoms with Crippen LogP contribution in [0.5, 0.6) is 0 Å². The number of carbonyl (C=O) groups is 1. The molecular formula is C17H16F3N3O. The van der Waals surface area contributed by atoms with E-state index in [9.17, 15) is 18.0 Å². The van der Waals surface area contributed by atoms with E-state index in [0.29, 0.717) is 26.2 Å². The predicted molar refractivity (Wildman–Crippen MR) is 83.8 cm³/mol. The van der Waals surface area contributed by atoms with Crippen molar-refractivity contribution in [2.24, 2.45) is 0 Å². The van der Waals surface area contributed by atoms with E-state index in [1.807, 2.05) is 30.3 Å². The van der Waals surface area contributed by atoms with Crippen LogP contribution in [0.1, 0.15) is 16.1 Å². The van der Waals surface area contributed by atoms with Crippen molar-refractivity contribution in [3.8, 4) is 0 Å². The Labute approximate surface area is 137 Å². The van der Waals surface area contributed by atoms with Crippen LogP contribution in [0.4, 0.5) is 18.9 Å². The van der Waals surface area contributed by atoms with E-state index >= 15 is 0 Å². The minimum Gasteiger partial charge on any atom is -0.368 e. The first-order valence-corrected chi connectivity index (χ1v) is 7.58. The van der Waals surface area contributed by atoms with Gasteiger partial charge in [0.1, 0.15) is 5.69 Å². The molecule has 2 heterocycles. The van der Waals surface area contributed by atoms with Crippen LogP contribution in [0.2, 0.25) is 0 Å². The highest BCUT2D eigenvalue weighted by atomic mass is 19.4. The first-order chi connectivity index (χ1) is 11.4. The van der Waals surface area contributed by atoms with Crippen LogP contribution < -0.4 is 4.90 Å². The van der Waals surface area contributed by atoms with Gasteiger partial charge >= 0.3 is 6.18 Å². The van der Waals surface area contributed by atoms with Crippen LogP contribution in [0.25, 0.3) is 0 Å². The lowest BCUT2D eigenvalue weighted by molar-refractivity contribution is -0.141. The topological polar surface area (TPSA) is 36.4 Å². The SMILES string of the molecule is O=C(c1ccc(C(F)(F)F)nc1)N1CCN(c2ccccc2)CC1. The highest BCUT2D eigenvalue weighted by Crippen LogP contribution is 2.27. The number of amides is 1. The van der Waals surface area contributed by atoms with E-state index in [-0.39, 0.29) is 11.5 Å². The van der Waals surface area contributed by atoms with Crippen LogP contribution >= 0.6 is 0 Å². The number of rotatable bonds is 2. The standard InChI is InChI=1S/C17H16F3N3O/c18-17(19,20)15-7-6-13(12-21-15)16(24)23-10-8-22(9-11-23)14-4-2-1-3-5-14/h1-7,12H,8-11H2. The smallest absolute Gasteiger partial charge is 0.368 e. The summed E-state index contributed by atoms with van der Waals surface area (Å²) in [7, 11) is 0. The Morgan fingerprint density at radius 3 is 2.17 bits per heavy atom. The van der Waals surface area contributed by atoms with Gasteiger partial charge in [-0.3, -0.25) is 9.78 Å². The number of benzene rings is 1. The lowest BCUT2D eigenvalue weighted by atomic mass is 10.2. The number of alkyl halides is 3. The Balaban J connectivity index is 1.63. The van der Waals surface area contributed by atoms with Gasteiger partial charge in [0.2, 0.25) is 0 Å². The molecule has 0 saturated carbocycles. The van der Waals surface area contributed by atoms with Crippen LogP contribution in [0.3, 0.4) is 0 Å². The monoisotopic (exact) mass is 335 g/mol. The van der Waals surface area contributed by atoms with E-state index in [0.717, 1.165) is 18.0 Å². The van der Waals surface area contributed by atoms with E-state index in [1.54, 1.807) is 4.90 Å². The lowest BCUT2D eigenvalue weighted by Gasteiger charge is -2.36. The van der Waals surface area contributed by atoms with Crippen LogP contribution in [-0.2, 0) is 6.18 Å². The lowest BCUT2D eigenvalue weighted by Crippen LogP contribution is -2.48. The third kappa shape index (κ3) is 3.50. The molecule has 0 atom stereocenters. The molecule has 7 heteroatoms. The first kappa shape index (κ1) is 16.3. The fraction of sp³-hybridized carbons (Fsp3) is 0.294. The Hall–Kier alpha value is -2.57. The molecule has 1 aliphatic heterocycles. The van der Waals surface area contributed by atoms with Crippen molar-refractivity contribution in [3.63, 3.8) is 0 Å². The fourth-order valence-corrected chi connectivity index (χ4v) is 2.68. The zero-order chi connectivity index (χ0) is 17.2. The summed E-state index contributed by atoms with van der Waals surface area (Å²) in [6.07, 6.45) is -3.50. The van der Waals surface area contributed by atoms with Gasteiger partial charge in [0.05, 0.1) is 5.56 Å². The highest BCUT2D eigenvalue weighted by molar-refractivity contribution is 5.94. The van der Waals surface area contributed by atoms with E-state index in [1.165, 1.54) is 6.07 Å². The molecule has 0 bridgehead atoms. The minimum absolute atomic E-state index is 0.177. The summed E-state index contributed by atoms with van der Waals surface area (Å²) >= 11 is 0. The quantitative estimate of drug-likeness (QED) is 0.846. The van der Waals surface area contributed by atoms with Crippen molar-refractivity contribution in [3.05, 3.63) is 59.9 Å². The van der Waals surface area contributed by atoms with Gasteiger partial charge in [0.15, 0.2) is 0 Å². The van der Waals surface area contributed by atoms with Gasteiger partial charge in [-0.05, 0) is 24.3 Å². The van der Waals surface area contributed by atoms with Crippen molar-refractivity contribution >= 4 is 11.6 Å². The molecule has 1 fully saturated rings. The Morgan fingerprint density at radius 2 is 1.62 bits per heavy atom. The van der Waals surface area contributed by atoms with Crippen LogP contribution in [0, 0.1) is 0 Å². The van der Waals surface area contributed by atoms with Crippen molar-refractivity contribution in [2.45, 2.75) is 6.18 Å². The number of hydrogen-bond acceptors (Lipinski definition) is 3. The maximum Gasteiger partial charge on any atom is 0.433 e. The number of carbonyl (C=O) groups excluding carboxylic acids is 1. The van der Waals surface area contributed by atoms with Crippen molar-refractivity contribution < 1.29 is 18.0 Å². The normalized spacial score (nSPS) is 15.5. The second-order valence-corrected chi connectivity index (χ2v) is 5.54. The zero-order valence-electron chi connectivity index (χ0n) is 12.8. The summed E-state index contributed by atoms with van der Waals surface area (Å²) in [6.45, 7) is 2.41. The summed E-state index contributed by atoms with van der Waals surface area (Å²) < 4.78 is 37.5. The second-order valence-electron chi connectivity index (χ2n) is 5.54. The number of nitrogens with zero attached hydrogens (tertiary/aromatic N) is 3. The van der Waals surface area contributed by atoms with Crippen molar-refractivity contribution in [1.82, 2.24) is 9.88 Å². The molecule has 4 nitrogen and oxygen atoms in total. The van der Waals surface area contributed by atoms with Crippen molar-refractivity contribution in [2.75, 3.05) is 31.1 Å². The average Bonchev–Trinajstić information content (AvgIpc) is 2.61. The van der Waals surface area contributed by atoms with Gasteiger partial charge in [0.25, 0.3) is 5.91 Å². The Bertz CT molecular complexity index is 693. The van der Waals surface area contributed by atoms with E-state index in [4.69, 9.17) is 0 Å². The molecule has 0 spiro atoms. The van der Waals surface area contributed by atoms with Gasteiger partial charge in [-0.15, -0.1) is 0 Å². The van der Waals surface area contributed by atoms with Gasteiger partial charge in [-0.2, -0.15) is 13.2 Å². The Morgan fingerprint density at radius 1 is 0.958 bits per heavy atom. The summed E-state index contributed by atoms with van der Waals surface area (Å²) in [6, 6.07) is 11.9. The number of piperazine rings is 1. The number of aromatic nitrogens is 1. The molecule has 1 aliphatic rings. The second kappa shape index (κ2) is 6.51. The Kier molecular flexibility index (Phi) is 4.42. The van der Waals surface area contributed by atoms with Gasteiger partial charge < -0.3 is 9.80 Å². The molecule has 2 aromatic rings. The van der Waals surface area contributed by atoms with Gasteiger partial charge in [-0.25, -0.2) is 0 Å². The highest BCUT2D eigenvalue weighted by Gasteiger charge is 2.32. The fourth-order valence-electron chi connectivity index (χ4n) is 2.68. The van der Waals surface area contributed by atoms with Gasteiger partial charge in [0, 0.05) is 38.1 Å². The predicted octanol–water partition coefficient (Wildman–Crippen LogP) is 3.06. The molecule has 1 aromatic heterocycles. The first-order valence-electron chi connectivity index (χ1n) is 7.58. The maximum atomic E-state index is 12.5. The number of anilines is 1. The van der Waals surface area contributed by atoms with E-state index in [2.05, 4.69) is 9.88 Å². The molecule has 0 aliphatic carbocycles. The summed E-state index contributed by atoms with van der Waals surface area (Å²) in [5.41, 5.74) is 0.282. The molecule has 126 valence electrons.